The van der Waals surface area contributed by atoms with Gasteiger partial charge in [-0.25, -0.2) is 9.28 Å². The molecule has 0 aliphatic heterocycles. The van der Waals surface area contributed by atoms with Crippen molar-refractivity contribution in [1.29, 1.82) is 0 Å². The number of amides is 1. The molecular formula is C23H46NO3+. The Morgan fingerprint density at radius 3 is 1.63 bits per heavy atom. The highest BCUT2D eigenvalue weighted by Gasteiger charge is 2.40. The molecule has 160 valence electrons. The van der Waals surface area contributed by atoms with E-state index < -0.39 is 12.5 Å². The Morgan fingerprint density at radius 2 is 1.19 bits per heavy atom. The van der Waals surface area contributed by atoms with Crippen molar-refractivity contribution in [2.24, 2.45) is 0 Å². The Bertz CT molecular complexity index is 383. The number of hydrogen-bond donors (Lipinski definition) is 2. The molecule has 0 fully saturated rings. The first-order chi connectivity index (χ1) is 12.9. The van der Waals surface area contributed by atoms with Crippen molar-refractivity contribution < 1.29 is 19.5 Å². The number of unbranched alkanes of at least 4 members (excludes halogenated alkanes) is 11. The lowest BCUT2D eigenvalue weighted by molar-refractivity contribution is -0.924. The van der Waals surface area contributed by atoms with Crippen molar-refractivity contribution in [1.82, 2.24) is 0 Å². The van der Waals surface area contributed by atoms with E-state index in [4.69, 9.17) is 0 Å². The van der Waals surface area contributed by atoms with Crippen molar-refractivity contribution in [2.45, 2.75) is 123 Å². The fourth-order valence-electron chi connectivity index (χ4n) is 3.32. The van der Waals surface area contributed by atoms with Crippen LogP contribution in [-0.2, 0) is 4.79 Å². The summed E-state index contributed by atoms with van der Waals surface area (Å²) in [6.07, 6.45) is 19.3. The summed E-state index contributed by atoms with van der Waals surface area (Å²) < 4.78 is -0.316. The number of nitrogens with zero attached hydrogens (tertiary/aromatic N) is 1. The number of quaternary nitrogens is 1. The molecule has 2 N–H and O–H groups in total. The molecule has 0 aromatic carbocycles. The smallest absolute Gasteiger partial charge is 0.317 e. The summed E-state index contributed by atoms with van der Waals surface area (Å²) in [6.45, 7) is 5.38. The maximum Gasteiger partial charge on any atom is 0.317 e. The zero-order valence-corrected chi connectivity index (χ0v) is 18.5. The lowest BCUT2D eigenvalue weighted by Gasteiger charge is -2.36. The second kappa shape index (κ2) is 16.3. The third kappa shape index (κ3) is 11.7. The predicted molar refractivity (Wildman–Crippen MR) is 114 cm³/mol. The topological polar surface area (TPSA) is 57.5 Å². The molecule has 0 bridgehead atoms. The Hall–Kier alpha value is -0.710. The average Bonchev–Trinajstić information content (AvgIpc) is 2.63. The first-order valence-electron chi connectivity index (χ1n) is 11.3. The standard InChI is InChI=1S/C23H46NO3/c1-5-6-7-8-9-10-11-12-13-14-15-16-17-18-19-20-23(27)24(4,21(2)25)22(3)26/h12-13,21-22,25-26H,5-11,14-20H2,1-4H3/q+1. The molecular weight excluding hydrogens is 338 g/mol. The molecule has 0 radical (unpaired) electrons. The molecule has 0 aliphatic carbocycles. The van der Waals surface area contributed by atoms with Crippen LogP contribution >= 0.6 is 0 Å². The summed E-state index contributed by atoms with van der Waals surface area (Å²) in [5.74, 6) is -0.0855. The number of allylic oxidation sites excluding steroid dienone is 2. The van der Waals surface area contributed by atoms with E-state index in [-0.39, 0.29) is 10.4 Å². The third-order valence-corrected chi connectivity index (χ3v) is 5.74. The fraction of sp³-hybridized carbons (Fsp3) is 0.870. The van der Waals surface area contributed by atoms with Crippen LogP contribution in [0.1, 0.15) is 111 Å². The van der Waals surface area contributed by atoms with Gasteiger partial charge in [0.05, 0.1) is 13.5 Å². The highest BCUT2D eigenvalue weighted by molar-refractivity contribution is 5.69. The van der Waals surface area contributed by atoms with E-state index in [9.17, 15) is 15.0 Å². The van der Waals surface area contributed by atoms with Crippen molar-refractivity contribution in [3.63, 3.8) is 0 Å². The summed E-state index contributed by atoms with van der Waals surface area (Å²) in [6, 6.07) is 0. The Labute approximate surface area is 168 Å². The van der Waals surface area contributed by atoms with Gasteiger partial charge in [-0.1, -0.05) is 70.4 Å². The molecule has 4 heteroatoms. The van der Waals surface area contributed by atoms with E-state index in [0.717, 1.165) is 25.7 Å². The minimum atomic E-state index is -0.888. The molecule has 1 amide bonds. The predicted octanol–water partition coefficient (Wildman–Crippen LogP) is 5.67. The zero-order chi connectivity index (χ0) is 20.5. The van der Waals surface area contributed by atoms with Crippen LogP contribution in [-0.4, -0.2) is 40.1 Å². The van der Waals surface area contributed by atoms with Gasteiger partial charge in [0, 0.05) is 13.8 Å². The van der Waals surface area contributed by atoms with E-state index >= 15 is 0 Å². The molecule has 2 atom stereocenters. The van der Waals surface area contributed by atoms with Gasteiger partial charge < -0.3 is 10.2 Å². The summed E-state index contributed by atoms with van der Waals surface area (Å²) in [5.41, 5.74) is 0. The van der Waals surface area contributed by atoms with Crippen molar-refractivity contribution in [3.8, 4) is 0 Å². The van der Waals surface area contributed by atoms with Crippen LogP contribution in [0.15, 0.2) is 12.2 Å². The highest BCUT2D eigenvalue weighted by Crippen LogP contribution is 2.18. The molecule has 0 rings (SSSR count). The number of carbonyl (C=O) groups excluding carboxylic acids is 1. The minimum absolute atomic E-state index is 0.0855. The average molecular weight is 385 g/mol. The molecule has 0 aromatic heterocycles. The second-order valence-corrected chi connectivity index (χ2v) is 8.14. The molecule has 4 nitrogen and oxygen atoms in total. The summed E-state index contributed by atoms with van der Waals surface area (Å²) >= 11 is 0. The summed E-state index contributed by atoms with van der Waals surface area (Å²) in [7, 11) is 1.61. The summed E-state index contributed by atoms with van der Waals surface area (Å²) in [4.78, 5) is 12.3. The normalized spacial score (nSPS) is 16.4. The Balaban J connectivity index is 3.59. The van der Waals surface area contributed by atoms with Crippen LogP contribution in [0, 0.1) is 0 Å². The van der Waals surface area contributed by atoms with Gasteiger partial charge in [-0.05, 0) is 32.1 Å². The van der Waals surface area contributed by atoms with Crippen molar-refractivity contribution in [2.75, 3.05) is 7.05 Å². The molecule has 0 saturated heterocycles. The van der Waals surface area contributed by atoms with Crippen LogP contribution in [0.2, 0.25) is 0 Å². The Kier molecular flexibility index (Phi) is 15.8. The lowest BCUT2D eigenvalue weighted by Crippen LogP contribution is -2.60. The molecule has 0 aliphatic rings. The zero-order valence-electron chi connectivity index (χ0n) is 18.5. The second-order valence-electron chi connectivity index (χ2n) is 8.14. The van der Waals surface area contributed by atoms with Crippen molar-refractivity contribution >= 4 is 5.91 Å². The van der Waals surface area contributed by atoms with Gasteiger partial charge in [-0.3, -0.25) is 0 Å². The SMILES string of the molecule is CCCCCCCCC=CCCCCCCCC(=O)[N+](C)(C(C)O)C(C)O. The number of aliphatic hydroxyl groups excluding tert-OH is 2. The largest absolute Gasteiger partial charge is 0.345 e. The molecule has 0 spiro atoms. The number of aliphatic hydroxyl groups is 2. The van der Waals surface area contributed by atoms with Gasteiger partial charge in [-0.2, -0.15) is 0 Å². The highest BCUT2D eigenvalue weighted by atomic mass is 16.3. The lowest BCUT2D eigenvalue weighted by atomic mass is 10.1. The monoisotopic (exact) mass is 384 g/mol. The summed E-state index contributed by atoms with van der Waals surface area (Å²) in [5, 5.41) is 19.6. The maximum atomic E-state index is 12.3. The van der Waals surface area contributed by atoms with Gasteiger partial charge in [0.25, 0.3) is 0 Å². The van der Waals surface area contributed by atoms with E-state index in [0.29, 0.717) is 6.42 Å². The van der Waals surface area contributed by atoms with Gasteiger partial charge in [-0.15, -0.1) is 0 Å². The van der Waals surface area contributed by atoms with E-state index in [1.54, 1.807) is 20.9 Å². The number of rotatable bonds is 17. The van der Waals surface area contributed by atoms with Crippen LogP contribution in [0.3, 0.4) is 0 Å². The van der Waals surface area contributed by atoms with E-state index in [1.165, 1.54) is 57.8 Å². The molecule has 0 aromatic rings. The maximum absolute atomic E-state index is 12.3. The molecule has 0 heterocycles. The number of hydrogen-bond acceptors (Lipinski definition) is 3. The van der Waals surface area contributed by atoms with Crippen LogP contribution in [0.5, 0.6) is 0 Å². The van der Waals surface area contributed by atoms with E-state index in [2.05, 4.69) is 19.1 Å². The van der Waals surface area contributed by atoms with Crippen LogP contribution in [0.4, 0.5) is 0 Å². The van der Waals surface area contributed by atoms with Gasteiger partial charge in [0.15, 0.2) is 12.5 Å². The first kappa shape index (κ1) is 26.3. The van der Waals surface area contributed by atoms with Gasteiger partial charge in [0.1, 0.15) is 0 Å². The third-order valence-electron chi connectivity index (χ3n) is 5.74. The van der Waals surface area contributed by atoms with E-state index in [1.807, 2.05) is 0 Å². The van der Waals surface area contributed by atoms with Crippen LogP contribution in [0.25, 0.3) is 0 Å². The van der Waals surface area contributed by atoms with Crippen molar-refractivity contribution in [3.05, 3.63) is 12.2 Å². The molecule has 27 heavy (non-hydrogen) atoms. The molecule has 0 saturated carbocycles. The van der Waals surface area contributed by atoms with Crippen LogP contribution < -0.4 is 0 Å². The van der Waals surface area contributed by atoms with Gasteiger partial charge >= 0.3 is 5.91 Å². The minimum Gasteiger partial charge on any atom is -0.345 e. The molecule has 2 unspecified atom stereocenters. The quantitative estimate of drug-likeness (QED) is 0.147. The fourth-order valence-corrected chi connectivity index (χ4v) is 3.32. The van der Waals surface area contributed by atoms with Gasteiger partial charge in [0.2, 0.25) is 0 Å². The Morgan fingerprint density at radius 1 is 0.778 bits per heavy atom. The number of carbonyl (C=O) groups is 1. The first-order valence-corrected chi connectivity index (χ1v) is 11.3.